The first-order chi connectivity index (χ1) is 14.5. The molecule has 0 unspecified atom stereocenters. The summed E-state index contributed by atoms with van der Waals surface area (Å²) in [5.74, 6) is 0. The molecule has 0 spiro atoms. The largest absolute Gasteiger partial charge is 0.463 e. The van der Waals surface area contributed by atoms with Crippen LogP contribution < -0.4 is 11.5 Å². The molecule has 0 aromatic heterocycles. The van der Waals surface area contributed by atoms with Gasteiger partial charge in [-0.25, -0.2) is 9.98 Å². The van der Waals surface area contributed by atoms with Crippen LogP contribution in [0.25, 0.3) is 0 Å². The molecule has 6 nitrogen and oxygen atoms in total. The van der Waals surface area contributed by atoms with Gasteiger partial charge in [-0.1, -0.05) is 59.7 Å². The van der Waals surface area contributed by atoms with Gasteiger partial charge in [0, 0.05) is 0 Å². The Kier molecular flexibility index (Phi) is 7.71. The zero-order valence-electron chi connectivity index (χ0n) is 17.9. The van der Waals surface area contributed by atoms with Crippen LogP contribution >= 0.6 is 0 Å². The number of nitrogens with two attached hydrogens (primary N) is 2. The lowest BCUT2D eigenvalue weighted by atomic mass is 10.0. The fourth-order valence-electron chi connectivity index (χ4n) is 3.46. The van der Waals surface area contributed by atoms with E-state index in [1.54, 1.807) is 0 Å². The van der Waals surface area contributed by atoms with Crippen LogP contribution in [0.1, 0.15) is 35.1 Å². The smallest absolute Gasteiger partial charge is 0.282 e. The molecule has 4 N–H and O–H groups in total. The van der Waals surface area contributed by atoms with E-state index in [1.165, 1.54) is 22.3 Å². The van der Waals surface area contributed by atoms with E-state index in [-0.39, 0.29) is 12.1 Å². The Balaban J connectivity index is 0.000000171. The van der Waals surface area contributed by atoms with E-state index in [2.05, 4.69) is 72.4 Å². The summed E-state index contributed by atoms with van der Waals surface area (Å²) in [6, 6.07) is 18.3. The van der Waals surface area contributed by atoms with Crippen LogP contribution in [0.2, 0.25) is 0 Å². The molecule has 0 aliphatic carbocycles. The Bertz CT molecular complexity index is 877. The van der Waals surface area contributed by atoms with Gasteiger partial charge in [0.15, 0.2) is 0 Å². The van der Waals surface area contributed by atoms with Crippen molar-refractivity contribution in [3.63, 3.8) is 0 Å². The Morgan fingerprint density at radius 1 is 0.767 bits per heavy atom. The summed E-state index contributed by atoms with van der Waals surface area (Å²) >= 11 is 0. The lowest BCUT2D eigenvalue weighted by molar-refractivity contribution is 0.308. The first-order valence-electron chi connectivity index (χ1n) is 10.5. The van der Waals surface area contributed by atoms with Crippen LogP contribution in [0.3, 0.4) is 0 Å². The fraction of sp³-hybridized carbons (Fsp3) is 0.417. The van der Waals surface area contributed by atoms with Crippen LogP contribution in [-0.4, -0.2) is 37.3 Å². The molecule has 2 aliphatic rings. The molecule has 160 valence electrons. The second-order valence-electron chi connectivity index (χ2n) is 7.92. The van der Waals surface area contributed by atoms with Gasteiger partial charge in [0.1, 0.15) is 13.2 Å². The maximum absolute atomic E-state index is 5.45. The molecule has 6 heteroatoms. The predicted octanol–water partition coefficient (Wildman–Crippen LogP) is 3.28. The first-order valence-corrected chi connectivity index (χ1v) is 10.5. The van der Waals surface area contributed by atoms with Gasteiger partial charge in [0.05, 0.1) is 12.1 Å². The molecule has 30 heavy (non-hydrogen) atoms. The van der Waals surface area contributed by atoms with Crippen molar-refractivity contribution in [2.45, 2.75) is 51.6 Å². The molecule has 0 fully saturated rings. The molecule has 2 aromatic rings. The first kappa shape index (κ1) is 21.7. The summed E-state index contributed by atoms with van der Waals surface area (Å²) in [5, 5.41) is 0. The Morgan fingerprint density at radius 2 is 1.33 bits per heavy atom. The quantitative estimate of drug-likeness (QED) is 0.767. The molecule has 2 aromatic carbocycles. The lowest BCUT2D eigenvalue weighted by Gasteiger charge is -2.05. The van der Waals surface area contributed by atoms with E-state index >= 15 is 0 Å². The Hall–Kier alpha value is -3.02. The lowest BCUT2D eigenvalue weighted by Crippen LogP contribution is -2.10. The van der Waals surface area contributed by atoms with Gasteiger partial charge in [-0.05, 0) is 50.7 Å². The number of benzene rings is 2. The van der Waals surface area contributed by atoms with E-state index in [9.17, 15) is 0 Å². The highest BCUT2D eigenvalue weighted by Crippen LogP contribution is 2.13. The molecule has 2 aliphatic heterocycles. The standard InChI is InChI=1S/2C12H16N2O/c1-9-2-4-10(5-3-9)6-7-11-8-15-12(13)14-11;1-9-3-2-4-10(7-9)5-6-11-8-15-12(13)14-11/h2-5,11H,6-8H2,1H3,(H2,13,14);2-4,7,11H,5-6,8H2,1H3,(H2,13,14)/t2*11-/m00/s1. The van der Waals surface area contributed by atoms with E-state index < -0.39 is 0 Å². The minimum Gasteiger partial charge on any atom is -0.463 e. The van der Waals surface area contributed by atoms with Gasteiger partial charge >= 0.3 is 0 Å². The summed E-state index contributed by atoms with van der Waals surface area (Å²) in [4.78, 5) is 8.39. The monoisotopic (exact) mass is 408 g/mol. The topological polar surface area (TPSA) is 95.2 Å². The molecule has 2 atom stereocenters. The SMILES string of the molecule is Cc1ccc(CC[C@H]2COC(N)=N2)cc1.Cc1cccc(CC[C@H]2COC(N)=N2)c1. The van der Waals surface area contributed by atoms with Crippen molar-refractivity contribution in [2.75, 3.05) is 13.2 Å². The minimum absolute atomic E-state index is 0.241. The van der Waals surface area contributed by atoms with Gasteiger partial charge in [0.2, 0.25) is 0 Å². The van der Waals surface area contributed by atoms with Crippen LogP contribution in [0.5, 0.6) is 0 Å². The van der Waals surface area contributed by atoms with Crippen molar-refractivity contribution in [2.24, 2.45) is 21.5 Å². The van der Waals surface area contributed by atoms with Crippen LogP contribution in [-0.2, 0) is 22.3 Å². The number of hydrogen-bond donors (Lipinski definition) is 2. The molecule has 0 radical (unpaired) electrons. The number of aliphatic imine (C=N–C) groups is 2. The third-order valence-electron chi connectivity index (χ3n) is 5.20. The maximum Gasteiger partial charge on any atom is 0.282 e. The highest BCUT2D eigenvalue weighted by atomic mass is 16.5. The van der Waals surface area contributed by atoms with Gasteiger partial charge < -0.3 is 20.9 Å². The third kappa shape index (κ3) is 7.10. The second kappa shape index (κ2) is 10.7. The zero-order valence-corrected chi connectivity index (χ0v) is 17.9. The van der Waals surface area contributed by atoms with Gasteiger partial charge in [-0.3, -0.25) is 0 Å². The van der Waals surface area contributed by atoms with Crippen molar-refractivity contribution in [1.82, 2.24) is 0 Å². The highest BCUT2D eigenvalue weighted by molar-refractivity contribution is 5.73. The van der Waals surface area contributed by atoms with Crippen molar-refractivity contribution in [3.8, 4) is 0 Å². The number of ether oxygens (including phenoxy) is 2. The normalized spacial score (nSPS) is 19.8. The van der Waals surface area contributed by atoms with Crippen molar-refractivity contribution < 1.29 is 9.47 Å². The van der Waals surface area contributed by atoms with Crippen molar-refractivity contribution in [1.29, 1.82) is 0 Å². The molecular formula is C24H32N4O2. The second-order valence-corrected chi connectivity index (χ2v) is 7.92. The van der Waals surface area contributed by atoms with E-state index in [0.29, 0.717) is 25.3 Å². The van der Waals surface area contributed by atoms with Crippen LogP contribution in [0.4, 0.5) is 0 Å². The summed E-state index contributed by atoms with van der Waals surface area (Å²) in [5.41, 5.74) is 16.2. The van der Waals surface area contributed by atoms with E-state index in [4.69, 9.17) is 20.9 Å². The number of rotatable bonds is 6. The maximum atomic E-state index is 5.45. The molecule has 0 bridgehead atoms. The zero-order chi connectivity index (χ0) is 21.3. The Labute approximate surface area is 179 Å². The van der Waals surface area contributed by atoms with Crippen molar-refractivity contribution in [3.05, 3.63) is 70.8 Å². The number of nitrogens with zero attached hydrogens (tertiary/aromatic N) is 2. The average molecular weight is 409 g/mol. The average Bonchev–Trinajstić information content (AvgIpc) is 3.34. The van der Waals surface area contributed by atoms with Gasteiger partial charge in [-0.15, -0.1) is 0 Å². The van der Waals surface area contributed by atoms with Gasteiger partial charge in [0.25, 0.3) is 12.0 Å². The molecule has 4 rings (SSSR count). The van der Waals surface area contributed by atoms with Crippen molar-refractivity contribution >= 4 is 12.0 Å². The third-order valence-corrected chi connectivity index (χ3v) is 5.20. The predicted molar refractivity (Wildman–Crippen MR) is 122 cm³/mol. The number of hydrogen-bond acceptors (Lipinski definition) is 6. The number of aryl methyl sites for hydroxylation is 4. The van der Waals surface area contributed by atoms with E-state index in [1.807, 2.05) is 0 Å². The van der Waals surface area contributed by atoms with Crippen LogP contribution in [0.15, 0.2) is 58.5 Å². The van der Waals surface area contributed by atoms with E-state index in [0.717, 1.165) is 25.7 Å². The molecule has 0 saturated carbocycles. The highest BCUT2D eigenvalue weighted by Gasteiger charge is 2.16. The summed E-state index contributed by atoms with van der Waals surface area (Å²) in [7, 11) is 0. The molecule has 2 heterocycles. The molecular weight excluding hydrogens is 376 g/mol. The fourth-order valence-corrected chi connectivity index (χ4v) is 3.46. The minimum atomic E-state index is 0.241. The molecule has 0 amide bonds. The molecule has 0 saturated heterocycles. The van der Waals surface area contributed by atoms with Crippen LogP contribution in [0, 0.1) is 13.8 Å². The summed E-state index contributed by atoms with van der Waals surface area (Å²) in [6.07, 6.45) is 4.07. The Morgan fingerprint density at radius 3 is 1.83 bits per heavy atom. The van der Waals surface area contributed by atoms with Gasteiger partial charge in [-0.2, -0.15) is 0 Å². The number of amidine groups is 2. The summed E-state index contributed by atoms with van der Waals surface area (Å²) in [6.45, 7) is 5.48. The summed E-state index contributed by atoms with van der Waals surface area (Å²) < 4.78 is 10.2.